The molecule has 19 heavy (non-hydrogen) atoms. The summed E-state index contributed by atoms with van der Waals surface area (Å²) in [7, 11) is -3.29. The lowest BCUT2D eigenvalue weighted by Crippen LogP contribution is -2.09. The van der Waals surface area contributed by atoms with E-state index in [0.29, 0.717) is 18.0 Å². The summed E-state index contributed by atoms with van der Waals surface area (Å²) in [5, 5.41) is 0. The lowest BCUT2D eigenvalue weighted by molar-refractivity contribution is 0.306. The fraction of sp³-hybridized carbons (Fsp3) is 0.143. The van der Waals surface area contributed by atoms with E-state index in [-0.39, 0.29) is 0 Å². The van der Waals surface area contributed by atoms with Crippen LogP contribution in [0.3, 0.4) is 0 Å². The van der Waals surface area contributed by atoms with E-state index in [9.17, 15) is 8.42 Å². The van der Waals surface area contributed by atoms with Crippen molar-refractivity contribution in [3.05, 3.63) is 60.2 Å². The van der Waals surface area contributed by atoms with Gasteiger partial charge in [0.2, 0.25) is 10.0 Å². The first-order valence-electron chi connectivity index (χ1n) is 5.68. The standard InChI is InChI=1S/C14H14NO3S/c1-19(16,17)15-13-8-5-9-14(10-13)18-11-12-6-3-2-4-7-12/h2-4,6-10,15H,11H2,1H3. The molecule has 0 atom stereocenters. The average Bonchev–Trinajstić information content (AvgIpc) is 2.36. The molecule has 1 N–H and O–H groups in total. The summed E-state index contributed by atoms with van der Waals surface area (Å²) in [5.74, 6) is 0.567. The van der Waals surface area contributed by atoms with Gasteiger partial charge in [-0.1, -0.05) is 30.3 Å². The second-order valence-corrected chi connectivity index (χ2v) is 5.85. The van der Waals surface area contributed by atoms with Crippen LogP contribution in [-0.2, 0) is 16.6 Å². The third kappa shape index (κ3) is 4.63. The number of nitrogens with one attached hydrogen (secondary N) is 1. The van der Waals surface area contributed by atoms with Gasteiger partial charge in [-0.3, -0.25) is 4.72 Å². The van der Waals surface area contributed by atoms with E-state index >= 15 is 0 Å². The van der Waals surface area contributed by atoms with Crippen molar-refractivity contribution in [3.63, 3.8) is 0 Å². The smallest absolute Gasteiger partial charge is 0.229 e. The molecule has 1 radical (unpaired) electrons. The molecule has 0 saturated carbocycles. The minimum Gasteiger partial charge on any atom is -0.489 e. The summed E-state index contributed by atoms with van der Waals surface area (Å²) in [6.45, 7) is 0.428. The molecule has 0 fully saturated rings. The highest BCUT2D eigenvalue weighted by Gasteiger charge is 2.03. The molecule has 0 aromatic heterocycles. The van der Waals surface area contributed by atoms with E-state index in [0.717, 1.165) is 11.8 Å². The second kappa shape index (κ2) is 5.75. The summed E-state index contributed by atoms with van der Waals surface area (Å²) in [5.41, 5.74) is 1.48. The van der Waals surface area contributed by atoms with E-state index in [1.165, 1.54) is 0 Å². The van der Waals surface area contributed by atoms with Gasteiger partial charge in [0.1, 0.15) is 12.4 Å². The zero-order valence-electron chi connectivity index (χ0n) is 10.5. The van der Waals surface area contributed by atoms with Crippen molar-refractivity contribution in [1.82, 2.24) is 0 Å². The predicted octanol–water partition coefficient (Wildman–Crippen LogP) is 2.44. The number of hydrogen-bond acceptors (Lipinski definition) is 3. The largest absolute Gasteiger partial charge is 0.489 e. The number of benzene rings is 2. The Kier molecular flexibility index (Phi) is 4.06. The van der Waals surface area contributed by atoms with Gasteiger partial charge in [0.05, 0.1) is 11.9 Å². The zero-order chi connectivity index (χ0) is 13.7. The molecule has 0 unspecified atom stereocenters. The van der Waals surface area contributed by atoms with Gasteiger partial charge >= 0.3 is 0 Å². The van der Waals surface area contributed by atoms with Gasteiger partial charge in [-0.2, -0.15) is 0 Å². The lowest BCUT2D eigenvalue weighted by Gasteiger charge is -2.08. The maximum Gasteiger partial charge on any atom is 0.229 e. The van der Waals surface area contributed by atoms with Gasteiger partial charge in [0, 0.05) is 6.07 Å². The Balaban J connectivity index is 2.03. The van der Waals surface area contributed by atoms with Gasteiger partial charge < -0.3 is 4.74 Å². The van der Waals surface area contributed by atoms with Crippen LogP contribution in [0.1, 0.15) is 5.56 Å². The molecule has 0 spiro atoms. The van der Waals surface area contributed by atoms with Crippen LogP contribution in [0.5, 0.6) is 5.75 Å². The topological polar surface area (TPSA) is 55.4 Å². The summed E-state index contributed by atoms with van der Waals surface area (Å²) in [4.78, 5) is 0. The molecule has 99 valence electrons. The zero-order valence-corrected chi connectivity index (χ0v) is 11.3. The van der Waals surface area contributed by atoms with Gasteiger partial charge in [0.15, 0.2) is 0 Å². The van der Waals surface area contributed by atoms with E-state index in [4.69, 9.17) is 4.74 Å². The molecule has 0 saturated heterocycles. The Morgan fingerprint density at radius 2 is 1.95 bits per heavy atom. The molecule has 0 aliphatic rings. The van der Waals surface area contributed by atoms with Crippen molar-refractivity contribution in [3.8, 4) is 5.75 Å². The molecule has 2 aromatic rings. The average molecular weight is 276 g/mol. The van der Waals surface area contributed by atoms with Crippen LogP contribution in [0.2, 0.25) is 0 Å². The highest BCUT2D eigenvalue weighted by molar-refractivity contribution is 7.92. The highest BCUT2D eigenvalue weighted by Crippen LogP contribution is 2.18. The van der Waals surface area contributed by atoms with Crippen molar-refractivity contribution < 1.29 is 13.2 Å². The Bertz CT molecular complexity index is 639. The van der Waals surface area contributed by atoms with Gasteiger partial charge in [-0.05, 0) is 23.8 Å². The van der Waals surface area contributed by atoms with E-state index < -0.39 is 10.0 Å². The Hall–Kier alpha value is -2.01. The number of anilines is 1. The summed E-state index contributed by atoms with van der Waals surface area (Å²) in [6.07, 6.45) is 1.10. The lowest BCUT2D eigenvalue weighted by atomic mass is 10.2. The van der Waals surface area contributed by atoms with Crippen LogP contribution in [0, 0.1) is 6.07 Å². The molecule has 5 heteroatoms. The van der Waals surface area contributed by atoms with Crippen molar-refractivity contribution in [2.75, 3.05) is 11.0 Å². The van der Waals surface area contributed by atoms with Crippen LogP contribution in [-0.4, -0.2) is 14.7 Å². The Morgan fingerprint density at radius 3 is 2.63 bits per heavy atom. The first-order valence-corrected chi connectivity index (χ1v) is 7.58. The third-order valence-corrected chi connectivity index (χ3v) is 2.92. The third-order valence-electron chi connectivity index (χ3n) is 2.31. The van der Waals surface area contributed by atoms with Crippen LogP contribution >= 0.6 is 0 Å². The quantitative estimate of drug-likeness (QED) is 0.912. The first-order chi connectivity index (χ1) is 9.03. The second-order valence-electron chi connectivity index (χ2n) is 4.11. The fourth-order valence-corrected chi connectivity index (χ4v) is 2.09. The first kappa shape index (κ1) is 13.4. The molecule has 0 heterocycles. The van der Waals surface area contributed by atoms with Crippen LogP contribution in [0.25, 0.3) is 0 Å². The SMILES string of the molecule is CS(=O)(=O)Nc1c[c]cc(OCc2ccccc2)c1. The molecule has 0 aliphatic heterocycles. The number of ether oxygens (including phenoxy) is 1. The molecular weight excluding hydrogens is 262 g/mol. The molecule has 4 nitrogen and oxygen atoms in total. The normalized spacial score (nSPS) is 11.0. The van der Waals surface area contributed by atoms with Crippen molar-refractivity contribution >= 4 is 15.7 Å². The Labute approximate surface area is 113 Å². The molecule has 2 rings (SSSR count). The summed E-state index contributed by atoms with van der Waals surface area (Å²) < 4.78 is 30.2. The molecule has 0 bridgehead atoms. The van der Waals surface area contributed by atoms with E-state index in [1.807, 2.05) is 30.3 Å². The fourth-order valence-electron chi connectivity index (χ4n) is 1.55. The summed E-state index contributed by atoms with van der Waals surface area (Å²) >= 11 is 0. The minimum absolute atomic E-state index is 0.428. The molecule has 0 aliphatic carbocycles. The van der Waals surface area contributed by atoms with Crippen molar-refractivity contribution in [2.45, 2.75) is 6.61 Å². The van der Waals surface area contributed by atoms with Crippen molar-refractivity contribution in [2.24, 2.45) is 0 Å². The van der Waals surface area contributed by atoms with E-state index in [1.54, 1.807) is 18.2 Å². The van der Waals surface area contributed by atoms with Gasteiger partial charge in [-0.25, -0.2) is 8.42 Å². The van der Waals surface area contributed by atoms with Crippen LogP contribution < -0.4 is 9.46 Å². The Morgan fingerprint density at radius 1 is 1.21 bits per heavy atom. The van der Waals surface area contributed by atoms with Crippen LogP contribution in [0.4, 0.5) is 5.69 Å². The highest BCUT2D eigenvalue weighted by atomic mass is 32.2. The molecular formula is C14H14NO3S. The minimum atomic E-state index is -3.29. The molecule has 2 aromatic carbocycles. The number of hydrogen-bond donors (Lipinski definition) is 1. The number of rotatable bonds is 5. The van der Waals surface area contributed by atoms with Crippen molar-refractivity contribution in [1.29, 1.82) is 0 Å². The predicted molar refractivity (Wildman–Crippen MR) is 74.5 cm³/mol. The number of sulfonamides is 1. The van der Waals surface area contributed by atoms with E-state index in [2.05, 4.69) is 10.8 Å². The molecule has 0 amide bonds. The van der Waals surface area contributed by atoms with Gasteiger partial charge in [0.25, 0.3) is 0 Å². The van der Waals surface area contributed by atoms with Crippen LogP contribution in [0.15, 0.2) is 48.5 Å². The summed E-state index contributed by atoms with van der Waals surface area (Å²) in [6, 6.07) is 17.4. The maximum atomic E-state index is 11.1. The maximum absolute atomic E-state index is 11.1. The van der Waals surface area contributed by atoms with Gasteiger partial charge in [-0.15, -0.1) is 0 Å². The monoisotopic (exact) mass is 276 g/mol.